The number of hydrogen-bond donors (Lipinski definition) is 1. The average Bonchev–Trinajstić information content (AvgIpc) is 2.50. The fourth-order valence-corrected chi connectivity index (χ4v) is 1.91. The fourth-order valence-electron chi connectivity index (χ4n) is 1.91. The van der Waals surface area contributed by atoms with Crippen molar-refractivity contribution in [2.75, 3.05) is 12.4 Å². The second-order valence-electron chi connectivity index (χ2n) is 4.70. The van der Waals surface area contributed by atoms with Gasteiger partial charge in [-0.3, -0.25) is 9.59 Å². The van der Waals surface area contributed by atoms with E-state index in [1.54, 1.807) is 24.3 Å². The lowest BCUT2D eigenvalue weighted by atomic mass is 10.1. The number of anilines is 1. The van der Waals surface area contributed by atoms with E-state index in [0.717, 1.165) is 25.7 Å². The first-order valence-corrected chi connectivity index (χ1v) is 7.03. The van der Waals surface area contributed by atoms with Crippen molar-refractivity contribution >= 4 is 17.6 Å². The molecule has 0 spiro atoms. The number of rotatable bonds is 8. The topological polar surface area (TPSA) is 79.2 Å². The van der Waals surface area contributed by atoms with Gasteiger partial charge in [0, 0.05) is 12.8 Å². The van der Waals surface area contributed by atoms with Gasteiger partial charge in [0.15, 0.2) is 0 Å². The Morgan fingerprint density at radius 3 is 2.48 bits per heavy atom. The molecule has 0 aliphatic carbocycles. The van der Waals surface area contributed by atoms with Gasteiger partial charge in [-0.25, -0.2) is 0 Å². The van der Waals surface area contributed by atoms with Crippen molar-refractivity contribution in [3.8, 4) is 6.07 Å². The summed E-state index contributed by atoms with van der Waals surface area (Å²) in [6, 6.07) is 8.97. The smallest absolute Gasteiger partial charge is 0.305 e. The van der Waals surface area contributed by atoms with Gasteiger partial charge in [-0.05, 0) is 25.0 Å². The summed E-state index contributed by atoms with van der Waals surface area (Å²) < 4.78 is 4.55. The van der Waals surface area contributed by atoms with Gasteiger partial charge in [-0.15, -0.1) is 0 Å². The third kappa shape index (κ3) is 6.57. The Balaban J connectivity index is 2.20. The molecule has 0 bridgehead atoms. The first-order valence-electron chi connectivity index (χ1n) is 7.03. The SMILES string of the molecule is COC(=O)CCCCCCC(=O)Nc1ccccc1C#N. The van der Waals surface area contributed by atoms with E-state index in [2.05, 4.69) is 10.1 Å². The molecule has 0 heterocycles. The summed E-state index contributed by atoms with van der Waals surface area (Å²) in [7, 11) is 1.38. The number of nitrogens with one attached hydrogen (secondary N) is 1. The largest absolute Gasteiger partial charge is 0.469 e. The molecule has 21 heavy (non-hydrogen) atoms. The fraction of sp³-hybridized carbons (Fsp3) is 0.438. The molecule has 5 heteroatoms. The standard InChI is InChI=1S/C16H20N2O3/c1-21-16(20)11-5-3-2-4-10-15(19)18-14-9-7-6-8-13(14)12-17/h6-9H,2-5,10-11H2,1H3,(H,18,19). The molecule has 1 rings (SSSR count). The van der Waals surface area contributed by atoms with Gasteiger partial charge in [0.2, 0.25) is 5.91 Å². The van der Waals surface area contributed by atoms with Crippen LogP contribution in [0, 0.1) is 11.3 Å². The van der Waals surface area contributed by atoms with Crippen LogP contribution in [0.4, 0.5) is 5.69 Å². The average molecular weight is 288 g/mol. The molecule has 1 N–H and O–H groups in total. The van der Waals surface area contributed by atoms with Crippen molar-refractivity contribution in [3.05, 3.63) is 29.8 Å². The van der Waals surface area contributed by atoms with Crippen LogP contribution in [0.15, 0.2) is 24.3 Å². The van der Waals surface area contributed by atoms with Crippen LogP contribution in [0.3, 0.4) is 0 Å². The summed E-state index contributed by atoms with van der Waals surface area (Å²) >= 11 is 0. The number of esters is 1. The predicted octanol–water partition coefficient (Wildman–Crippen LogP) is 3.01. The molecule has 0 fully saturated rings. The molecule has 112 valence electrons. The molecule has 0 unspecified atom stereocenters. The number of ether oxygens (including phenoxy) is 1. The molecular weight excluding hydrogens is 268 g/mol. The Kier molecular flexibility index (Phi) is 7.59. The zero-order chi connectivity index (χ0) is 15.5. The van der Waals surface area contributed by atoms with Crippen molar-refractivity contribution in [1.29, 1.82) is 5.26 Å². The summed E-state index contributed by atoms with van der Waals surface area (Å²) in [6.07, 6.45) is 4.19. The quantitative estimate of drug-likeness (QED) is 0.589. The summed E-state index contributed by atoms with van der Waals surface area (Å²) in [6.45, 7) is 0. The lowest BCUT2D eigenvalue weighted by molar-refractivity contribution is -0.140. The van der Waals surface area contributed by atoms with Gasteiger partial charge in [0.05, 0.1) is 18.4 Å². The second-order valence-corrected chi connectivity index (χ2v) is 4.70. The first-order chi connectivity index (χ1) is 10.2. The number of benzene rings is 1. The zero-order valence-corrected chi connectivity index (χ0v) is 12.2. The second kappa shape index (κ2) is 9.54. The lowest BCUT2D eigenvalue weighted by Crippen LogP contribution is -2.12. The van der Waals surface area contributed by atoms with Gasteiger partial charge in [-0.2, -0.15) is 5.26 Å². The Labute approximate surface area is 124 Å². The number of amides is 1. The van der Waals surface area contributed by atoms with Crippen molar-refractivity contribution in [2.24, 2.45) is 0 Å². The van der Waals surface area contributed by atoms with Crippen LogP contribution in [-0.4, -0.2) is 19.0 Å². The Morgan fingerprint density at radius 2 is 1.81 bits per heavy atom. The Morgan fingerprint density at radius 1 is 1.14 bits per heavy atom. The normalized spacial score (nSPS) is 9.71. The van der Waals surface area contributed by atoms with E-state index in [4.69, 9.17) is 5.26 Å². The highest BCUT2D eigenvalue weighted by molar-refractivity contribution is 5.92. The maximum absolute atomic E-state index is 11.8. The highest BCUT2D eigenvalue weighted by Gasteiger charge is 2.06. The highest BCUT2D eigenvalue weighted by atomic mass is 16.5. The van der Waals surface area contributed by atoms with E-state index in [1.165, 1.54) is 7.11 Å². The van der Waals surface area contributed by atoms with Crippen LogP contribution >= 0.6 is 0 Å². The summed E-state index contributed by atoms with van der Waals surface area (Å²) in [5.74, 6) is -0.286. The van der Waals surface area contributed by atoms with Crippen LogP contribution in [0.1, 0.15) is 44.1 Å². The van der Waals surface area contributed by atoms with Crippen LogP contribution in [0.5, 0.6) is 0 Å². The minimum atomic E-state index is -0.194. The number of unbranched alkanes of at least 4 members (excludes halogenated alkanes) is 3. The van der Waals surface area contributed by atoms with Crippen LogP contribution in [0.2, 0.25) is 0 Å². The van der Waals surface area contributed by atoms with E-state index >= 15 is 0 Å². The van der Waals surface area contributed by atoms with E-state index in [-0.39, 0.29) is 11.9 Å². The van der Waals surface area contributed by atoms with Gasteiger partial charge < -0.3 is 10.1 Å². The summed E-state index contributed by atoms with van der Waals surface area (Å²) in [5, 5.41) is 11.7. The maximum Gasteiger partial charge on any atom is 0.305 e. The van der Waals surface area contributed by atoms with Gasteiger partial charge in [-0.1, -0.05) is 25.0 Å². The Bertz CT molecular complexity index is 520. The van der Waals surface area contributed by atoms with Crippen LogP contribution in [-0.2, 0) is 14.3 Å². The highest BCUT2D eigenvalue weighted by Crippen LogP contribution is 2.14. The molecule has 0 aromatic heterocycles. The first kappa shape index (κ1) is 16.7. The monoisotopic (exact) mass is 288 g/mol. The molecule has 1 aromatic carbocycles. The molecule has 0 saturated carbocycles. The predicted molar refractivity (Wildman–Crippen MR) is 79.5 cm³/mol. The van der Waals surface area contributed by atoms with Crippen LogP contribution in [0.25, 0.3) is 0 Å². The number of carbonyl (C=O) groups excluding carboxylic acids is 2. The summed E-state index contributed by atoms with van der Waals surface area (Å²) in [4.78, 5) is 22.7. The van der Waals surface area contributed by atoms with Crippen molar-refractivity contribution in [1.82, 2.24) is 0 Å². The number of nitrogens with zero attached hydrogens (tertiary/aromatic N) is 1. The molecule has 1 aromatic rings. The third-order valence-electron chi connectivity index (χ3n) is 3.08. The number of methoxy groups -OCH3 is 1. The zero-order valence-electron chi connectivity index (χ0n) is 12.2. The van der Waals surface area contributed by atoms with Crippen molar-refractivity contribution in [3.63, 3.8) is 0 Å². The number of hydrogen-bond acceptors (Lipinski definition) is 4. The molecular formula is C16H20N2O3. The molecule has 0 radical (unpaired) electrons. The number of para-hydroxylation sites is 1. The summed E-state index contributed by atoms with van der Waals surface area (Å²) in [5.41, 5.74) is 1.01. The van der Waals surface area contributed by atoms with E-state index in [9.17, 15) is 9.59 Å². The van der Waals surface area contributed by atoms with Gasteiger partial charge in [0.1, 0.15) is 6.07 Å². The minimum Gasteiger partial charge on any atom is -0.469 e. The maximum atomic E-state index is 11.8. The molecule has 0 atom stereocenters. The Hall–Kier alpha value is -2.35. The number of carbonyl (C=O) groups is 2. The van der Waals surface area contributed by atoms with Crippen LogP contribution < -0.4 is 5.32 Å². The molecule has 1 amide bonds. The van der Waals surface area contributed by atoms with E-state index in [0.29, 0.717) is 24.1 Å². The molecule has 0 aliphatic heterocycles. The minimum absolute atomic E-state index is 0.0920. The number of nitriles is 1. The van der Waals surface area contributed by atoms with Gasteiger partial charge in [0.25, 0.3) is 0 Å². The van der Waals surface area contributed by atoms with Gasteiger partial charge >= 0.3 is 5.97 Å². The van der Waals surface area contributed by atoms with E-state index < -0.39 is 0 Å². The molecule has 0 aliphatic rings. The molecule has 5 nitrogen and oxygen atoms in total. The van der Waals surface area contributed by atoms with Crippen molar-refractivity contribution in [2.45, 2.75) is 38.5 Å². The lowest BCUT2D eigenvalue weighted by Gasteiger charge is -2.06. The molecule has 0 saturated heterocycles. The third-order valence-corrected chi connectivity index (χ3v) is 3.08. The van der Waals surface area contributed by atoms with Crippen molar-refractivity contribution < 1.29 is 14.3 Å². The van der Waals surface area contributed by atoms with E-state index in [1.807, 2.05) is 6.07 Å².